The molecule has 110 valence electrons. The highest BCUT2D eigenvalue weighted by atomic mass is 35.5. The lowest BCUT2D eigenvalue weighted by molar-refractivity contribution is -0.385. The minimum absolute atomic E-state index is 0.0850. The van der Waals surface area contributed by atoms with Gasteiger partial charge in [-0.2, -0.15) is 0 Å². The van der Waals surface area contributed by atoms with Gasteiger partial charge in [-0.25, -0.2) is 0 Å². The van der Waals surface area contributed by atoms with Crippen LogP contribution in [0.1, 0.15) is 24.8 Å². The van der Waals surface area contributed by atoms with Gasteiger partial charge < -0.3 is 5.11 Å². The maximum absolute atomic E-state index is 11.1. The Morgan fingerprint density at radius 1 is 1.50 bits per heavy atom. The Hall–Kier alpha value is -1.17. The zero-order chi connectivity index (χ0) is 14.5. The van der Waals surface area contributed by atoms with E-state index in [-0.39, 0.29) is 17.2 Å². The number of nitrogens with zero attached hydrogens (tertiary/aromatic N) is 2. The molecule has 0 aromatic heterocycles. The predicted molar refractivity (Wildman–Crippen MR) is 77.8 cm³/mol. The molecule has 1 unspecified atom stereocenters. The third-order valence-electron chi connectivity index (χ3n) is 3.81. The Morgan fingerprint density at radius 3 is 3.00 bits per heavy atom. The highest BCUT2D eigenvalue weighted by Crippen LogP contribution is 2.29. The van der Waals surface area contributed by atoms with Gasteiger partial charge in [0.25, 0.3) is 5.69 Å². The third-order valence-corrected chi connectivity index (χ3v) is 4.17. The van der Waals surface area contributed by atoms with Gasteiger partial charge >= 0.3 is 0 Å². The molecule has 0 radical (unpaired) electrons. The second-order valence-corrected chi connectivity index (χ2v) is 5.66. The number of halogens is 1. The van der Waals surface area contributed by atoms with Gasteiger partial charge in [0, 0.05) is 25.8 Å². The number of nitro groups is 1. The van der Waals surface area contributed by atoms with Gasteiger partial charge in [-0.05, 0) is 37.8 Å². The summed E-state index contributed by atoms with van der Waals surface area (Å²) >= 11 is 6.12. The standard InChI is InChI=1S/C14H19ClN2O3/c15-13-4-1-5-14(17(19)20)12(13)10-16-7-2-3-11(9-16)6-8-18/h1,4-5,11,18H,2-3,6-10H2. The monoisotopic (exact) mass is 298 g/mol. The molecule has 6 heteroatoms. The zero-order valence-electron chi connectivity index (χ0n) is 11.3. The van der Waals surface area contributed by atoms with E-state index in [9.17, 15) is 10.1 Å². The van der Waals surface area contributed by atoms with Gasteiger partial charge in [-0.15, -0.1) is 0 Å². The average molecular weight is 299 g/mol. The van der Waals surface area contributed by atoms with E-state index in [1.807, 2.05) is 0 Å². The van der Waals surface area contributed by atoms with Crippen molar-refractivity contribution in [2.75, 3.05) is 19.7 Å². The molecule has 20 heavy (non-hydrogen) atoms. The number of hydrogen-bond acceptors (Lipinski definition) is 4. The summed E-state index contributed by atoms with van der Waals surface area (Å²) in [6, 6.07) is 4.80. The fourth-order valence-electron chi connectivity index (χ4n) is 2.81. The molecule has 1 aromatic carbocycles. The number of hydrogen-bond donors (Lipinski definition) is 1. The van der Waals surface area contributed by atoms with Crippen molar-refractivity contribution in [1.29, 1.82) is 0 Å². The van der Waals surface area contributed by atoms with Crippen LogP contribution < -0.4 is 0 Å². The van der Waals surface area contributed by atoms with E-state index < -0.39 is 0 Å². The minimum Gasteiger partial charge on any atom is -0.396 e. The Bertz CT molecular complexity index is 479. The number of piperidine rings is 1. The van der Waals surface area contributed by atoms with E-state index in [1.165, 1.54) is 6.07 Å². The van der Waals surface area contributed by atoms with Crippen LogP contribution in [0.25, 0.3) is 0 Å². The largest absolute Gasteiger partial charge is 0.396 e. The molecule has 1 atom stereocenters. The van der Waals surface area contributed by atoms with E-state index in [1.54, 1.807) is 12.1 Å². The van der Waals surface area contributed by atoms with Crippen molar-refractivity contribution in [1.82, 2.24) is 4.90 Å². The summed E-state index contributed by atoms with van der Waals surface area (Å²) in [5.41, 5.74) is 0.672. The number of aliphatic hydroxyl groups is 1. The van der Waals surface area contributed by atoms with Crippen molar-refractivity contribution < 1.29 is 10.0 Å². The van der Waals surface area contributed by atoms with Crippen LogP contribution in [-0.2, 0) is 6.54 Å². The van der Waals surface area contributed by atoms with Gasteiger partial charge in [-0.1, -0.05) is 17.7 Å². The Balaban J connectivity index is 2.11. The van der Waals surface area contributed by atoms with Crippen molar-refractivity contribution in [3.8, 4) is 0 Å². The molecule has 1 heterocycles. The van der Waals surface area contributed by atoms with Crippen LogP contribution in [0, 0.1) is 16.0 Å². The van der Waals surface area contributed by atoms with Crippen molar-refractivity contribution in [2.45, 2.75) is 25.8 Å². The summed E-state index contributed by atoms with van der Waals surface area (Å²) in [4.78, 5) is 12.9. The highest BCUT2D eigenvalue weighted by Gasteiger charge is 2.23. The fourth-order valence-corrected chi connectivity index (χ4v) is 3.04. The first kappa shape index (κ1) is 15.2. The number of nitro benzene ring substituents is 1. The Kier molecular flexibility index (Phi) is 5.34. The van der Waals surface area contributed by atoms with Crippen LogP contribution in [0.2, 0.25) is 5.02 Å². The predicted octanol–water partition coefficient (Wildman–Crippen LogP) is 2.84. The molecule has 1 aliphatic rings. The Morgan fingerprint density at radius 2 is 2.30 bits per heavy atom. The molecular weight excluding hydrogens is 280 g/mol. The maximum atomic E-state index is 11.1. The van der Waals surface area contributed by atoms with E-state index >= 15 is 0 Å². The van der Waals surface area contributed by atoms with Gasteiger partial charge in [0.05, 0.1) is 15.5 Å². The second-order valence-electron chi connectivity index (χ2n) is 5.25. The molecule has 1 aliphatic heterocycles. The van der Waals surface area contributed by atoms with Crippen molar-refractivity contribution in [3.63, 3.8) is 0 Å². The van der Waals surface area contributed by atoms with Gasteiger partial charge in [0.15, 0.2) is 0 Å². The molecule has 0 bridgehead atoms. The summed E-state index contributed by atoms with van der Waals surface area (Å²) in [6.45, 7) is 2.48. The van der Waals surface area contributed by atoms with Crippen LogP contribution in [0.4, 0.5) is 5.69 Å². The van der Waals surface area contributed by atoms with Crippen molar-refractivity contribution in [3.05, 3.63) is 38.9 Å². The van der Waals surface area contributed by atoms with Crippen LogP contribution in [0.5, 0.6) is 0 Å². The second kappa shape index (κ2) is 7.02. The molecule has 1 aromatic rings. The van der Waals surface area contributed by atoms with E-state index in [2.05, 4.69) is 4.90 Å². The lowest BCUT2D eigenvalue weighted by Crippen LogP contribution is -2.35. The van der Waals surface area contributed by atoms with Crippen LogP contribution >= 0.6 is 11.6 Å². The zero-order valence-corrected chi connectivity index (χ0v) is 12.1. The first-order valence-electron chi connectivity index (χ1n) is 6.86. The van der Waals surface area contributed by atoms with Crippen molar-refractivity contribution in [2.24, 2.45) is 5.92 Å². The van der Waals surface area contributed by atoms with Gasteiger partial charge in [0.2, 0.25) is 0 Å². The maximum Gasteiger partial charge on any atom is 0.275 e. The molecule has 1 N–H and O–H groups in total. The van der Waals surface area contributed by atoms with E-state index in [0.29, 0.717) is 23.0 Å². The summed E-state index contributed by atoms with van der Waals surface area (Å²) < 4.78 is 0. The molecule has 0 aliphatic carbocycles. The molecule has 2 rings (SSSR count). The normalized spacial score (nSPS) is 20.0. The number of benzene rings is 1. The summed E-state index contributed by atoms with van der Waals surface area (Å²) in [5.74, 6) is 0.468. The first-order chi connectivity index (χ1) is 9.61. The lowest BCUT2D eigenvalue weighted by atomic mass is 9.95. The fraction of sp³-hybridized carbons (Fsp3) is 0.571. The number of likely N-dealkylation sites (tertiary alicyclic amines) is 1. The lowest BCUT2D eigenvalue weighted by Gasteiger charge is -2.32. The summed E-state index contributed by atoms with van der Waals surface area (Å²) in [5, 5.41) is 20.6. The van der Waals surface area contributed by atoms with Crippen LogP contribution in [0.3, 0.4) is 0 Å². The third kappa shape index (κ3) is 3.69. The number of rotatable bonds is 5. The highest BCUT2D eigenvalue weighted by molar-refractivity contribution is 6.31. The van der Waals surface area contributed by atoms with E-state index in [4.69, 9.17) is 16.7 Å². The SMILES string of the molecule is O=[N+]([O-])c1cccc(Cl)c1CN1CCCC(CCO)C1. The first-order valence-corrected chi connectivity index (χ1v) is 7.24. The summed E-state index contributed by atoms with van der Waals surface area (Å²) in [6.07, 6.45) is 2.96. The molecule has 5 nitrogen and oxygen atoms in total. The van der Waals surface area contributed by atoms with Gasteiger partial charge in [-0.3, -0.25) is 15.0 Å². The molecule has 1 saturated heterocycles. The minimum atomic E-state index is -0.379. The topological polar surface area (TPSA) is 66.6 Å². The average Bonchev–Trinajstić information content (AvgIpc) is 2.41. The van der Waals surface area contributed by atoms with Crippen LogP contribution in [0.15, 0.2) is 18.2 Å². The van der Waals surface area contributed by atoms with E-state index in [0.717, 1.165) is 32.4 Å². The smallest absolute Gasteiger partial charge is 0.275 e. The number of aliphatic hydroxyl groups excluding tert-OH is 1. The van der Waals surface area contributed by atoms with Crippen LogP contribution in [-0.4, -0.2) is 34.6 Å². The molecule has 0 saturated carbocycles. The molecule has 1 fully saturated rings. The van der Waals surface area contributed by atoms with Gasteiger partial charge in [0.1, 0.15) is 0 Å². The summed E-state index contributed by atoms with van der Waals surface area (Å²) in [7, 11) is 0. The Labute approximate surface area is 123 Å². The van der Waals surface area contributed by atoms with Crippen molar-refractivity contribution >= 4 is 17.3 Å². The molecule has 0 amide bonds. The quantitative estimate of drug-likeness (QED) is 0.670. The molecule has 0 spiro atoms. The molecular formula is C14H19ClN2O3.